The fourth-order valence-electron chi connectivity index (χ4n) is 5.59. The summed E-state index contributed by atoms with van der Waals surface area (Å²) >= 11 is 0. The molecule has 1 fully saturated rings. The van der Waals surface area contributed by atoms with Crippen LogP contribution in [0.3, 0.4) is 0 Å². The highest BCUT2D eigenvalue weighted by molar-refractivity contribution is 6.09. The molecule has 188 valence electrons. The van der Waals surface area contributed by atoms with E-state index in [-0.39, 0.29) is 5.91 Å². The highest BCUT2D eigenvalue weighted by Gasteiger charge is 2.31. The van der Waals surface area contributed by atoms with E-state index >= 15 is 0 Å². The maximum absolute atomic E-state index is 13.3. The number of benzene rings is 3. The molecule has 0 radical (unpaired) electrons. The van der Waals surface area contributed by atoms with Crippen molar-refractivity contribution in [1.82, 2.24) is 4.90 Å². The van der Waals surface area contributed by atoms with Crippen molar-refractivity contribution < 1.29 is 18.0 Å². The van der Waals surface area contributed by atoms with Crippen molar-refractivity contribution >= 4 is 11.6 Å². The predicted octanol–water partition coefficient (Wildman–Crippen LogP) is 7.13. The molecule has 1 aliphatic heterocycles. The Balaban J connectivity index is 1.34. The van der Waals surface area contributed by atoms with Crippen LogP contribution >= 0.6 is 0 Å². The van der Waals surface area contributed by atoms with Crippen LogP contribution in [-0.2, 0) is 19.0 Å². The van der Waals surface area contributed by atoms with Crippen LogP contribution in [0.2, 0.25) is 0 Å². The molecule has 0 spiro atoms. The zero-order chi connectivity index (χ0) is 25.4. The van der Waals surface area contributed by atoms with Crippen LogP contribution in [-0.4, -0.2) is 29.9 Å². The number of rotatable bonds is 4. The first-order chi connectivity index (χ1) is 17.2. The zero-order valence-corrected chi connectivity index (χ0v) is 20.7. The first kappa shape index (κ1) is 24.6. The number of likely N-dealkylation sites (tertiary alicyclic amines) is 1. The van der Waals surface area contributed by atoms with Gasteiger partial charge in [-0.2, -0.15) is 13.2 Å². The van der Waals surface area contributed by atoms with Gasteiger partial charge in [0, 0.05) is 17.3 Å². The van der Waals surface area contributed by atoms with E-state index in [0.717, 1.165) is 55.2 Å². The lowest BCUT2D eigenvalue weighted by molar-refractivity contribution is -0.137. The van der Waals surface area contributed by atoms with E-state index in [2.05, 4.69) is 29.3 Å². The molecule has 0 saturated carbocycles. The standard InChI is InChI=1S/C30H31F3N2O/c1-19-12-14-35(15-13-19)26-17-22-8-11-25(16-23(22)18-26)34-29(36)27-5-3-4-20(2)28(27)21-6-9-24(10-7-21)30(31,32)33/h3-11,16,19,26H,12-15,17-18H2,1-2H3,(H,34,36). The summed E-state index contributed by atoms with van der Waals surface area (Å²) in [5.41, 5.74) is 5.16. The third-order valence-corrected chi connectivity index (χ3v) is 7.73. The average molecular weight is 493 g/mol. The first-order valence-corrected chi connectivity index (χ1v) is 12.6. The largest absolute Gasteiger partial charge is 0.416 e. The molecule has 2 aliphatic rings. The second kappa shape index (κ2) is 9.74. The number of halogens is 3. The third-order valence-electron chi connectivity index (χ3n) is 7.73. The van der Waals surface area contributed by atoms with E-state index in [1.165, 1.54) is 36.1 Å². The van der Waals surface area contributed by atoms with Crippen molar-refractivity contribution in [1.29, 1.82) is 0 Å². The lowest BCUT2D eigenvalue weighted by Gasteiger charge is -2.34. The molecule has 1 saturated heterocycles. The van der Waals surface area contributed by atoms with E-state index in [4.69, 9.17) is 0 Å². The van der Waals surface area contributed by atoms with Gasteiger partial charge in [-0.15, -0.1) is 0 Å². The Bertz CT molecular complexity index is 1260. The number of alkyl halides is 3. The molecule has 1 atom stereocenters. The quantitative estimate of drug-likeness (QED) is 0.420. The molecule has 1 N–H and O–H groups in total. The van der Waals surface area contributed by atoms with Crippen molar-refractivity contribution in [2.45, 2.75) is 51.7 Å². The Labute approximate surface area is 210 Å². The normalized spacial score (nSPS) is 18.8. The number of nitrogens with one attached hydrogen (secondary N) is 1. The molecule has 1 aliphatic carbocycles. The maximum atomic E-state index is 13.3. The summed E-state index contributed by atoms with van der Waals surface area (Å²) in [5, 5.41) is 3.03. The van der Waals surface area contributed by atoms with Gasteiger partial charge in [0.1, 0.15) is 0 Å². The van der Waals surface area contributed by atoms with Gasteiger partial charge in [0.15, 0.2) is 0 Å². The van der Waals surface area contributed by atoms with Crippen molar-refractivity contribution in [2.24, 2.45) is 5.92 Å². The van der Waals surface area contributed by atoms with Crippen LogP contribution in [0.4, 0.5) is 18.9 Å². The van der Waals surface area contributed by atoms with Gasteiger partial charge in [-0.05, 0) is 110 Å². The number of piperidine rings is 1. The van der Waals surface area contributed by atoms with Crippen LogP contribution in [0, 0.1) is 12.8 Å². The number of anilines is 1. The van der Waals surface area contributed by atoms with Gasteiger partial charge in [0.05, 0.1) is 5.56 Å². The molecule has 0 bridgehead atoms. The van der Waals surface area contributed by atoms with Crippen molar-refractivity contribution in [3.05, 3.63) is 88.5 Å². The smallest absolute Gasteiger partial charge is 0.322 e. The number of amides is 1. The molecule has 1 heterocycles. The van der Waals surface area contributed by atoms with Crippen molar-refractivity contribution in [3.63, 3.8) is 0 Å². The number of fused-ring (bicyclic) bond motifs is 1. The topological polar surface area (TPSA) is 32.3 Å². The molecule has 3 nitrogen and oxygen atoms in total. The Morgan fingerprint density at radius 3 is 2.33 bits per heavy atom. The molecule has 3 aromatic carbocycles. The van der Waals surface area contributed by atoms with Gasteiger partial charge in [-0.3, -0.25) is 9.69 Å². The Kier molecular flexibility index (Phi) is 6.64. The van der Waals surface area contributed by atoms with E-state index in [9.17, 15) is 18.0 Å². The molecule has 1 unspecified atom stereocenters. The molecular weight excluding hydrogens is 461 g/mol. The number of carbonyl (C=O) groups excluding carboxylic acids is 1. The van der Waals surface area contributed by atoms with Gasteiger partial charge in [0.2, 0.25) is 0 Å². The van der Waals surface area contributed by atoms with Crippen molar-refractivity contribution in [2.75, 3.05) is 18.4 Å². The fourth-order valence-corrected chi connectivity index (χ4v) is 5.59. The first-order valence-electron chi connectivity index (χ1n) is 12.6. The van der Waals surface area contributed by atoms with E-state index in [1.807, 2.05) is 19.1 Å². The maximum Gasteiger partial charge on any atom is 0.416 e. The average Bonchev–Trinajstić information content (AvgIpc) is 3.27. The van der Waals surface area contributed by atoms with Gasteiger partial charge in [-0.1, -0.05) is 37.3 Å². The van der Waals surface area contributed by atoms with Crippen LogP contribution in [0.1, 0.15) is 52.4 Å². The Hall–Kier alpha value is -3.12. The fraction of sp³-hybridized carbons (Fsp3) is 0.367. The second-order valence-electron chi connectivity index (χ2n) is 10.3. The number of aryl methyl sites for hydroxylation is 1. The summed E-state index contributed by atoms with van der Waals surface area (Å²) in [4.78, 5) is 15.9. The summed E-state index contributed by atoms with van der Waals surface area (Å²) in [5.74, 6) is 0.536. The summed E-state index contributed by atoms with van der Waals surface area (Å²) in [7, 11) is 0. The van der Waals surface area contributed by atoms with E-state index < -0.39 is 11.7 Å². The molecule has 0 aromatic heterocycles. The lowest BCUT2D eigenvalue weighted by atomic mass is 9.93. The summed E-state index contributed by atoms with van der Waals surface area (Å²) in [6.07, 6.45) is 0.157. The molecule has 5 rings (SSSR count). The van der Waals surface area contributed by atoms with Gasteiger partial charge >= 0.3 is 6.18 Å². The van der Waals surface area contributed by atoms with Gasteiger partial charge < -0.3 is 5.32 Å². The lowest BCUT2D eigenvalue weighted by Crippen LogP contribution is -2.41. The summed E-state index contributed by atoms with van der Waals surface area (Å²) in [6.45, 7) is 6.50. The number of hydrogen-bond donors (Lipinski definition) is 1. The van der Waals surface area contributed by atoms with Crippen LogP contribution in [0.25, 0.3) is 11.1 Å². The highest BCUT2D eigenvalue weighted by atomic mass is 19.4. The highest BCUT2D eigenvalue weighted by Crippen LogP contribution is 2.34. The van der Waals surface area contributed by atoms with E-state index in [0.29, 0.717) is 22.7 Å². The molecule has 36 heavy (non-hydrogen) atoms. The summed E-state index contributed by atoms with van der Waals surface area (Å²) in [6, 6.07) is 17.0. The second-order valence-corrected chi connectivity index (χ2v) is 10.3. The number of nitrogens with zero attached hydrogens (tertiary/aromatic N) is 1. The number of carbonyl (C=O) groups is 1. The Morgan fingerprint density at radius 2 is 1.64 bits per heavy atom. The Morgan fingerprint density at radius 1 is 0.944 bits per heavy atom. The SMILES string of the molecule is Cc1cccc(C(=O)Nc2ccc3c(c2)CC(N2CCC(C)CC2)C3)c1-c1ccc(C(F)(F)F)cc1. The molecular formula is C30H31F3N2O. The minimum absolute atomic E-state index is 0.270. The van der Waals surface area contributed by atoms with E-state index in [1.54, 1.807) is 12.1 Å². The zero-order valence-electron chi connectivity index (χ0n) is 20.7. The summed E-state index contributed by atoms with van der Waals surface area (Å²) < 4.78 is 39.1. The van der Waals surface area contributed by atoms with Gasteiger partial charge in [-0.25, -0.2) is 0 Å². The molecule has 6 heteroatoms. The molecule has 1 amide bonds. The van der Waals surface area contributed by atoms with Gasteiger partial charge in [0.25, 0.3) is 5.91 Å². The van der Waals surface area contributed by atoms with Crippen LogP contribution in [0.15, 0.2) is 60.7 Å². The molecule has 3 aromatic rings. The van der Waals surface area contributed by atoms with Crippen LogP contribution < -0.4 is 5.32 Å². The minimum Gasteiger partial charge on any atom is -0.322 e. The van der Waals surface area contributed by atoms with Crippen LogP contribution in [0.5, 0.6) is 0 Å². The monoisotopic (exact) mass is 492 g/mol. The number of hydrogen-bond acceptors (Lipinski definition) is 2. The van der Waals surface area contributed by atoms with Crippen molar-refractivity contribution in [3.8, 4) is 11.1 Å². The predicted molar refractivity (Wildman–Crippen MR) is 137 cm³/mol. The third kappa shape index (κ3) is 5.05. The minimum atomic E-state index is -4.40.